The highest BCUT2D eigenvalue weighted by molar-refractivity contribution is 5.48. The summed E-state index contributed by atoms with van der Waals surface area (Å²) in [5.41, 5.74) is 1.21. The summed E-state index contributed by atoms with van der Waals surface area (Å²) in [5.74, 6) is 1.94. The highest BCUT2D eigenvalue weighted by Crippen LogP contribution is 2.29. The van der Waals surface area contributed by atoms with E-state index in [0.717, 1.165) is 24.7 Å². The minimum absolute atomic E-state index is 0.633. The van der Waals surface area contributed by atoms with Gasteiger partial charge in [0.2, 0.25) is 0 Å². The molecule has 2 rings (SSSR count). The first-order chi connectivity index (χ1) is 10.3. The van der Waals surface area contributed by atoms with Crippen LogP contribution < -0.4 is 10.1 Å². The first-order valence-corrected chi connectivity index (χ1v) is 8.81. The SMILES string of the molecule is CCCOc1cccc(NC2CCCC(CCC)CC2)c1. The van der Waals surface area contributed by atoms with Gasteiger partial charge in [0, 0.05) is 17.8 Å². The molecule has 2 atom stereocenters. The van der Waals surface area contributed by atoms with E-state index in [0.29, 0.717) is 6.04 Å². The predicted molar refractivity (Wildman–Crippen MR) is 91.1 cm³/mol. The highest BCUT2D eigenvalue weighted by Gasteiger charge is 2.18. The Morgan fingerprint density at radius 1 is 1.10 bits per heavy atom. The molecule has 1 aliphatic rings. The van der Waals surface area contributed by atoms with Crippen molar-refractivity contribution >= 4 is 5.69 Å². The lowest BCUT2D eigenvalue weighted by atomic mass is 9.95. The zero-order chi connectivity index (χ0) is 14.9. The Balaban J connectivity index is 1.86. The van der Waals surface area contributed by atoms with Crippen LogP contribution in [-0.4, -0.2) is 12.6 Å². The summed E-state index contributed by atoms with van der Waals surface area (Å²) in [6.07, 6.45) is 10.6. The minimum Gasteiger partial charge on any atom is -0.494 e. The second-order valence-corrected chi connectivity index (χ2v) is 6.38. The number of hydrogen-bond donors (Lipinski definition) is 1. The van der Waals surface area contributed by atoms with Crippen molar-refractivity contribution < 1.29 is 4.74 Å². The van der Waals surface area contributed by atoms with E-state index in [1.165, 1.54) is 50.6 Å². The van der Waals surface area contributed by atoms with Gasteiger partial charge in [-0.25, -0.2) is 0 Å². The van der Waals surface area contributed by atoms with Crippen molar-refractivity contribution in [1.82, 2.24) is 0 Å². The molecule has 0 saturated heterocycles. The van der Waals surface area contributed by atoms with Crippen molar-refractivity contribution in [2.75, 3.05) is 11.9 Å². The van der Waals surface area contributed by atoms with Gasteiger partial charge in [0.1, 0.15) is 5.75 Å². The molecule has 1 N–H and O–H groups in total. The molecular weight excluding hydrogens is 258 g/mol. The van der Waals surface area contributed by atoms with Crippen LogP contribution in [-0.2, 0) is 0 Å². The highest BCUT2D eigenvalue weighted by atomic mass is 16.5. The van der Waals surface area contributed by atoms with E-state index in [2.05, 4.69) is 37.4 Å². The van der Waals surface area contributed by atoms with Crippen LogP contribution in [0.15, 0.2) is 24.3 Å². The van der Waals surface area contributed by atoms with Crippen molar-refractivity contribution in [3.05, 3.63) is 24.3 Å². The Bertz CT molecular complexity index is 404. The van der Waals surface area contributed by atoms with Crippen LogP contribution in [0.1, 0.15) is 65.2 Å². The van der Waals surface area contributed by atoms with E-state index in [1.54, 1.807) is 0 Å². The maximum absolute atomic E-state index is 5.72. The zero-order valence-corrected chi connectivity index (χ0v) is 13.7. The standard InChI is InChI=1S/C19H31NO/c1-3-7-16-8-5-9-17(13-12-16)20-18-10-6-11-19(15-18)21-14-4-2/h6,10-11,15-17,20H,3-5,7-9,12-14H2,1-2H3. The maximum atomic E-state index is 5.72. The molecule has 0 spiro atoms. The number of hydrogen-bond acceptors (Lipinski definition) is 2. The molecule has 1 aliphatic carbocycles. The Morgan fingerprint density at radius 3 is 2.81 bits per heavy atom. The van der Waals surface area contributed by atoms with Gasteiger partial charge in [0.15, 0.2) is 0 Å². The summed E-state index contributed by atoms with van der Waals surface area (Å²) >= 11 is 0. The number of nitrogens with one attached hydrogen (secondary N) is 1. The van der Waals surface area contributed by atoms with Gasteiger partial charge in [-0.2, -0.15) is 0 Å². The molecule has 2 nitrogen and oxygen atoms in total. The number of anilines is 1. The molecule has 118 valence electrons. The molecule has 2 heteroatoms. The second-order valence-electron chi connectivity index (χ2n) is 6.38. The minimum atomic E-state index is 0.633. The maximum Gasteiger partial charge on any atom is 0.121 e. The first-order valence-electron chi connectivity index (χ1n) is 8.81. The van der Waals surface area contributed by atoms with E-state index < -0.39 is 0 Å². The fourth-order valence-electron chi connectivity index (χ4n) is 3.35. The molecule has 0 heterocycles. The number of rotatable bonds is 7. The fraction of sp³-hybridized carbons (Fsp3) is 0.684. The summed E-state index contributed by atoms with van der Waals surface area (Å²) in [7, 11) is 0. The second kappa shape index (κ2) is 8.96. The Kier molecular flexibility index (Phi) is 6.91. The van der Waals surface area contributed by atoms with Crippen molar-refractivity contribution in [2.45, 2.75) is 71.3 Å². The third-order valence-corrected chi connectivity index (χ3v) is 4.46. The van der Waals surface area contributed by atoms with Crippen LogP contribution in [0.3, 0.4) is 0 Å². The summed E-state index contributed by atoms with van der Waals surface area (Å²) in [4.78, 5) is 0. The van der Waals surface area contributed by atoms with E-state index in [-0.39, 0.29) is 0 Å². The molecule has 1 aromatic rings. The molecule has 0 aromatic heterocycles. The van der Waals surface area contributed by atoms with Gasteiger partial charge in [-0.05, 0) is 43.7 Å². The average Bonchev–Trinajstić information content (AvgIpc) is 2.72. The molecule has 0 amide bonds. The average molecular weight is 289 g/mol. The van der Waals surface area contributed by atoms with E-state index >= 15 is 0 Å². The molecule has 1 aromatic carbocycles. The van der Waals surface area contributed by atoms with Crippen molar-refractivity contribution in [1.29, 1.82) is 0 Å². The lowest BCUT2D eigenvalue weighted by Gasteiger charge is -2.18. The molecule has 0 aliphatic heterocycles. The largest absolute Gasteiger partial charge is 0.494 e. The predicted octanol–water partition coefficient (Wildman–Crippen LogP) is 5.64. The Morgan fingerprint density at radius 2 is 2.00 bits per heavy atom. The molecule has 21 heavy (non-hydrogen) atoms. The molecule has 1 fully saturated rings. The van der Waals surface area contributed by atoms with Gasteiger partial charge in [-0.1, -0.05) is 45.6 Å². The monoisotopic (exact) mass is 289 g/mol. The number of ether oxygens (including phenoxy) is 1. The van der Waals surface area contributed by atoms with Crippen LogP contribution in [0.4, 0.5) is 5.69 Å². The van der Waals surface area contributed by atoms with Crippen LogP contribution >= 0.6 is 0 Å². The number of benzene rings is 1. The van der Waals surface area contributed by atoms with E-state index in [1.807, 2.05) is 6.07 Å². The topological polar surface area (TPSA) is 21.3 Å². The van der Waals surface area contributed by atoms with Gasteiger partial charge >= 0.3 is 0 Å². The smallest absolute Gasteiger partial charge is 0.121 e. The van der Waals surface area contributed by atoms with Crippen molar-refractivity contribution in [2.24, 2.45) is 5.92 Å². The lowest BCUT2D eigenvalue weighted by Crippen LogP contribution is -2.18. The first kappa shape index (κ1) is 16.2. The summed E-state index contributed by atoms with van der Waals surface area (Å²) in [5, 5.41) is 3.72. The molecule has 0 radical (unpaired) electrons. The van der Waals surface area contributed by atoms with Gasteiger partial charge in [-0.3, -0.25) is 0 Å². The Labute approximate surface area is 130 Å². The van der Waals surface area contributed by atoms with Gasteiger partial charge in [-0.15, -0.1) is 0 Å². The third-order valence-electron chi connectivity index (χ3n) is 4.46. The van der Waals surface area contributed by atoms with Crippen LogP contribution in [0.25, 0.3) is 0 Å². The van der Waals surface area contributed by atoms with Crippen LogP contribution in [0.2, 0.25) is 0 Å². The van der Waals surface area contributed by atoms with Gasteiger partial charge in [0.05, 0.1) is 6.61 Å². The molecule has 1 saturated carbocycles. The van der Waals surface area contributed by atoms with E-state index in [4.69, 9.17) is 4.74 Å². The molecule has 0 bridgehead atoms. The van der Waals surface area contributed by atoms with Gasteiger partial charge in [0.25, 0.3) is 0 Å². The normalized spacial score (nSPS) is 22.6. The summed E-state index contributed by atoms with van der Waals surface area (Å²) < 4.78 is 5.72. The molecular formula is C19H31NO. The summed E-state index contributed by atoms with van der Waals surface area (Å²) in [6.45, 7) is 5.24. The van der Waals surface area contributed by atoms with Crippen molar-refractivity contribution in [3.63, 3.8) is 0 Å². The lowest BCUT2D eigenvalue weighted by molar-refractivity contribution is 0.317. The van der Waals surface area contributed by atoms with Crippen LogP contribution in [0.5, 0.6) is 5.75 Å². The summed E-state index contributed by atoms with van der Waals surface area (Å²) in [6, 6.07) is 9.07. The quantitative estimate of drug-likeness (QED) is 0.656. The van der Waals surface area contributed by atoms with Gasteiger partial charge < -0.3 is 10.1 Å². The third kappa shape index (κ3) is 5.61. The molecule has 2 unspecified atom stereocenters. The fourth-order valence-corrected chi connectivity index (χ4v) is 3.35. The van der Waals surface area contributed by atoms with Crippen molar-refractivity contribution in [3.8, 4) is 5.75 Å². The Hall–Kier alpha value is -1.18. The zero-order valence-electron chi connectivity index (χ0n) is 13.7. The van der Waals surface area contributed by atoms with E-state index in [9.17, 15) is 0 Å². The van der Waals surface area contributed by atoms with Crippen LogP contribution in [0, 0.1) is 5.92 Å².